The molecule has 0 aromatic heterocycles. The molecule has 8 nitrogen and oxygen atoms in total. The van der Waals surface area contributed by atoms with Crippen molar-refractivity contribution in [2.24, 2.45) is 5.14 Å². The third-order valence-electron chi connectivity index (χ3n) is 4.07. The van der Waals surface area contributed by atoms with Gasteiger partial charge in [0.05, 0.1) is 10.9 Å². The van der Waals surface area contributed by atoms with Gasteiger partial charge in [0.2, 0.25) is 10.0 Å². The summed E-state index contributed by atoms with van der Waals surface area (Å²) in [5, 5.41) is 7.72. The Kier molecular flexibility index (Phi) is 7.35. The zero-order valence-electron chi connectivity index (χ0n) is 16.4. The van der Waals surface area contributed by atoms with E-state index in [1.54, 1.807) is 31.2 Å². The van der Waals surface area contributed by atoms with Crippen LogP contribution in [0.1, 0.15) is 31.0 Å². The molecule has 156 valence electrons. The number of carbonyl (C=O) groups is 2. The summed E-state index contributed by atoms with van der Waals surface area (Å²) in [6.07, 6.45) is -0.868. The van der Waals surface area contributed by atoms with E-state index < -0.39 is 40.7 Å². The van der Waals surface area contributed by atoms with Gasteiger partial charge in [-0.3, -0.25) is 4.79 Å². The minimum Gasteiger partial charge on any atom is -0.479 e. The molecule has 0 bridgehead atoms. The number of aryl methyl sites for hydroxylation is 1. The normalized spacial score (nSPS) is 13.2. The van der Waals surface area contributed by atoms with Crippen molar-refractivity contribution in [1.29, 1.82) is 0 Å². The Morgan fingerprint density at radius 2 is 1.76 bits per heavy atom. The first kappa shape index (κ1) is 22.4. The van der Waals surface area contributed by atoms with Crippen LogP contribution in [0.15, 0.2) is 53.4 Å². The molecule has 1 amide bonds. The van der Waals surface area contributed by atoms with Gasteiger partial charge < -0.3 is 14.8 Å². The van der Waals surface area contributed by atoms with E-state index in [1.165, 1.54) is 19.1 Å². The molecule has 2 aromatic rings. The molecule has 29 heavy (non-hydrogen) atoms. The minimum absolute atomic E-state index is 0.0173. The van der Waals surface area contributed by atoms with Gasteiger partial charge in [-0.1, -0.05) is 24.3 Å². The fourth-order valence-electron chi connectivity index (χ4n) is 2.51. The molecule has 2 atom stereocenters. The highest BCUT2D eigenvalue weighted by Gasteiger charge is 2.19. The zero-order chi connectivity index (χ0) is 21.6. The number of amides is 1. The molecule has 2 rings (SSSR count). The number of nitrogens with one attached hydrogen (secondary N) is 1. The SMILES string of the molecule is Cc1cccc(O[C@H](C)C(=O)OCC(=O)N[C@H](C)c2ccc(S(N)(=O)=O)cc2)c1. The summed E-state index contributed by atoms with van der Waals surface area (Å²) in [7, 11) is -3.78. The van der Waals surface area contributed by atoms with Crippen molar-refractivity contribution < 1.29 is 27.5 Å². The summed E-state index contributed by atoms with van der Waals surface area (Å²) >= 11 is 0. The average Bonchev–Trinajstić information content (AvgIpc) is 2.65. The maximum Gasteiger partial charge on any atom is 0.347 e. The molecule has 0 saturated carbocycles. The van der Waals surface area contributed by atoms with Crippen molar-refractivity contribution in [3.8, 4) is 5.75 Å². The van der Waals surface area contributed by atoms with Crippen LogP contribution in [0.25, 0.3) is 0 Å². The Labute approximate surface area is 170 Å². The molecule has 0 radical (unpaired) electrons. The van der Waals surface area contributed by atoms with E-state index in [-0.39, 0.29) is 4.90 Å². The fourth-order valence-corrected chi connectivity index (χ4v) is 3.02. The van der Waals surface area contributed by atoms with Gasteiger partial charge in [-0.2, -0.15) is 0 Å². The summed E-state index contributed by atoms with van der Waals surface area (Å²) in [5.41, 5.74) is 1.67. The van der Waals surface area contributed by atoms with E-state index in [9.17, 15) is 18.0 Å². The van der Waals surface area contributed by atoms with Gasteiger partial charge in [0, 0.05) is 0 Å². The molecule has 0 aliphatic rings. The summed E-state index contributed by atoms with van der Waals surface area (Å²) < 4.78 is 33.1. The second kappa shape index (κ2) is 9.53. The van der Waals surface area contributed by atoms with Crippen LogP contribution in [0.3, 0.4) is 0 Å². The van der Waals surface area contributed by atoms with Gasteiger partial charge in [-0.25, -0.2) is 18.4 Å². The first-order valence-corrected chi connectivity index (χ1v) is 10.4. The molecule has 0 unspecified atom stereocenters. The summed E-state index contributed by atoms with van der Waals surface area (Å²) in [6.45, 7) is 4.71. The van der Waals surface area contributed by atoms with Crippen LogP contribution in [0, 0.1) is 6.92 Å². The molecule has 0 aliphatic carbocycles. The number of hydrogen-bond donors (Lipinski definition) is 2. The molecule has 0 saturated heterocycles. The second-order valence-electron chi connectivity index (χ2n) is 6.59. The molecule has 2 aromatic carbocycles. The molecule has 0 fully saturated rings. The van der Waals surface area contributed by atoms with Crippen LogP contribution in [-0.4, -0.2) is 33.0 Å². The number of hydrogen-bond acceptors (Lipinski definition) is 6. The van der Waals surface area contributed by atoms with E-state index in [1.807, 2.05) is 19.1 Å². The highest BCUT2D eigenvalue weighted by Crippen LogP contribution is 2.16. The lowest BCUT2D eigenvalue weighted by molar-refractivity contribution is -0.154. The Balaban J connectivity index is 1.83. The zero-order valence-corrected chi connectivity index (χ0v) is 17.2. The topological polar surface area (TPSA) is 125 Å². The monoisotopic (exact) mass is 420 g/mol. The Morgan fingerprint density at radius 1 is 1.10 bits per heavy atom. The third kappa shape index (κ3) is 6.88. The Hall–Kier alpha value is -2.91. The lowest BCUT2D eigenvalue weighted by Crippen LogP contribution is -2.34. The highest BCUT2D eigenvalue weighted by atomic mass is 32.2. The largest absolute Gasteiger partial charge is 0.479 e. The second-order valence-corrected chi connectivity index (χ2v) is 8.15. The number of nitrogens with two attached hydrogens (primary N) is 1. The Bertz CT molecular complexity index is 973. The maximum atomic E-state index is 12.0. The van der Waals surface area contributed by atoms with Crippen LogP contribution in [0.2, 0.25) is 0 Å². The predicted octanol–water partition coefficient (Wildman–Crippen LogP) is 1.83. The van der Waals surface area contributed by atoms with Crippen LogP contribution >= 0.6 is 0 Å². The van der Waals surface area contributed by atoms with Gasteiger partial charge in [-0.05, 0) is 56.2 Å². The first-order valence-electron chi connectivity index (χ1n) is 8.88. The van der Waals surface area contributed by atoms with Crippen molar-refractivity contribution in [3.63, 3.8) is 0 Å². The fraction of sp³-hybridized carbons (Fsp3) is 0.300. The number of primary sulfonamides is 1. The van der Waals surface area contributed by atoms with E-state index in [0.717, 1.165) is 5.56 Å². The minimum atomic E-state index is -3.78. The lowest BCUT2D eigenvalue weighted by Gasteiger charge is -2.16. The molecule has 3 N–H and O–H groups in total. The smallest absolute Gasteiger partial charge is 0.347 e. The summed E-state index contributed by atoms with van der Waals surface area (Å²) in [4.78, 5) is 24.0. The average molecular weight is 420 g/mol. The van der Waals surface area contributed by atoms with Gasteiger partial charge in [0.15, 0.2) is 12.7 Å². The Morgan fingerprint density at radius 3 is 2.34 bits per heavy atom. The molecule has 9 heteroatoms. The quantitative estimate of drug-likeness (QED) is 0.628. The maximum absolute atomic E-state index is 12.0. The van der Waals surface area contributed by atoms with Crippen LogP contribution in [-0.2, 0) is 24.3 Å². The molecular formula is C20H24N2O6S. The van der Waals surface area contributed by atoms with Crippen LogP contribution in [0.4, 0.5) is 0 Å². The number of ether oxygens (including phenoxy) is 2. The van der Waals surface area contributed by atoms with E-state index in [2.05, 4.69) is 5.32 Å². The number of rotatable bonds is 8. The number of sulfonamides is 1. The molecule has 0 spiro atoms. The first-order chi connectivity index (χ1) is 13.6. The van der Waals surface area contributed by atoms with Gasteiger partial charge in [0.1, 0.15) is 5.75 Å². The predicted molar refractivity (Wildman–Crippen MR) is 107 cm³/mol. The molecule has 0 aliphatic heterocycles. The van der Waals surface area contributed by atoms with Crippen LogP contribution < -0.4 is 15.2 Å². The summed E-state index contributed by atoms with van der Waals surface area (Å²) in [6, 6.07) is 12.6. The molecular weight excluding hydrogens is 396 g/mol. The van der Waals surface area contributed by atoms with Gasteiger partial charge in [0.25, 0.3) is 5.91 Å². The van der Waals surface area contributed by atoms with Crippen molar-refractivity contribution in [1.82, 2.24) is 5.32 Å². The third-order valence-corrected chi connectivity index (χ3v) is 5.00. The van der Waals surface area contributed by atoms with Crippen molar-refractivity contribution in [3.05, 3.63) is 59.7 Å². The standard InChI is InChI=1S/C20H24N2O6S/c1-13-5-4-6-17(11-13)28-15(3)20(24)27-12-19(23)22-14(2)16-7-9-18(10-8-16)29(21,25)26/h4-11,14-15H,12H2,1-3H3,(H,22,23)(H2,21,25,26)/t14-,15-/m1/s1. The number of esters is 1. The highest BCUT2D eigenvalue weighted by molar-refractivity contribution is 7.89. The molecule has 0 heterocycles. The summed E-state index contributed by atoms with van der Waals surface area (Å²) in [5.74, 6) is -0.619. The van der Waals surface area contributed by atoms with E-state index in [0.29, 0.717) is 11.3 Å². The van der Waals surface area contributed by atoms with Crippen LogP contribution in [0.5, 0.6) is 5.75 Å². The number of carbonyl (C=O) groups excluding carboxylic acids is 2. The van der Waals surface area contributed by atoms with Crippen molar-refractivity contribution in [2.75, 3.05) is 6.61 Å². The van der Waals surface area contributed by atoms with Crippen molar-refractivity contribution in [2.45, 2.75) is 37.8 Å². The van der Waals surface area contributed by atoms with E-state index in [4.69, 9.17) is 14.6 Å². The van der Waals surface area contributed by atoms with Crippen molar-refractivity contribution >= 4 is 21.9 Å². The van der Waals surface area contributed by atoms with E-state index >= 15 is 0 Å². The number of benzene rings is 2. The lowest BCUT2D eigenvalue weighted by atomic mass is 10.1. The van der Waals surface area contributed by atoms with Gasteiger partial charge in [-0.15, -0.1) is 0 Å². The van der Waals surface area contributed by atoms with Gasteiger partial charge >= 0.3 is 5.97 Å².